The Labute approximate surface area is 313 Å². The Morgan fingerprint density at radius 2 is 1.87 bits per heavy atom. The standard InChI is InChI=1S/C40H60N6O7/c1-25(48)52-36-16-32(49)6-9-40(23-43-39(41)44-24-46-19-26-11-27(20-46)18-45(17-26)21-38(40)51)8-5-28-3-2-4-31-15-33(7-10-42-31)53-37-14-29(12-34(28)36)30(22-47)13-35(37)50/h13-14,26-28,31-34,36,38,42,47,49-51H,2-4,6-7,9-12,15-24H2,1H3,(H3,41,43,44)/t26-,27-,28-,31+,32-,33+,34-,36+,38+,40-/m0/s1. The van der Waals surface area contributed by atoms with Crippen LogP contribution in [0.1, 0.15) is 75.8 Å². The average molecular weight is 737 g/mol. The molecule has 7 aliphatic rings. The van der Waals surface area contributed by atoms with E-state index in [2.05, 4.69) is 32.3 Å². The second kappa shape index (κ2) is 16.7. The van der Waals surface area contributed by atoms with Crippen LogP contribution in [0.15, 0.2) is 17.1 Å². The number of aromatic hydroxyl groups is 1. The zero-order valence-electron chi connectivity index (χ0n) is 31.2. The lowest BCUT2D eigenvalue weighted by atomic mass is 9.72. The third kappa shape index (κ3) is 9.23. The van der Waals surface area contributed by atoms with Crippen LogP contribution in [0, 0.1) is 40.9 Å². The van der Waals surface area contributed by atoms with Gasteiger partial charge in [0.25, 0.3) is 0 Å². The van der Waals surface area contributed by atoms with Crippen molar-refractivity contribution in [2.45, 2.75) is 108 Å². The number of benzene rings is 1. The molecular weight excluding hydrogens is 676 g/mol. The molecule has 1 aliphatic carbocycles. The third-order valence-electron chi connectivity index (χ3n) is 12.8. The van der Waals surface area contributed by atoms with E-state index in [1.165, 1.54) is 13.3 Å². The lowest BCUT2D eigenvalue weighted by molar-refractivity contribution is -0.152. The molecule has 0 radical (unpaired) electrons. The van der Waals surface area contributed by atoms with E-state index in [0.29, 0.717) is 68.0 Å². The fourth-order valence-corrected chi connectivity index (χ4v) is 10.1. The number of hydrogen-bond donors (Lipinski definition) is 7. The number of aliphatic hydroxyl groups excluding tert-OH is 3. The lowest BCUT2D eigenvalue weighted by Gasteiger charge is -2.47. The molecule has 3 fully saturated rings. The Bertz CT molecular complexity index is 1530. The van der Waals surface area contributed by atoms with Crippen LogP contribution in [0.5, 0.6) is 11.5 Å². The Balaban J connectivity index is 1.30. The molecule has 1 aromatic rings. The Hall–Kier alpha value is -3.12. The second-order valence-corrected chi connectivity index (χ2v) is 16.8. The second-order valence-electron chi connectivity index (χ2n) is 16.8. The van der Waals surface area contributed by atoms with Crippen LogP contribution in [0.4, 0.5) is 0 Å². The van der Waals surface area contributed by atoms with Gasteiger partial charge in [-0.15, -0.1) is 0 Å². The molecule has 6 aliphatic heterocycles. The van der Waals surface area contributed by atoms with Crippen LogP contribution in [-0.4, -0.2) is 125 Å². The summed E-state index contributed by atoms with van der Waals surface area (Å²) < 4.78 is 12.5. The van der Waals surface area contributed by atoms with Gasteiger partial charge in [-0.05, 0) is 93.0 Å². The van der Waals surface area contributed by atoms with Crippen molar-refractivity contribution in [3.8, 4) is 23.3 Å². The number of nitrogens with zero attached hydrogens (tertiary/aromatic N) is 3. The average Bonchev–Trinajstić information content (AvgIpc) is 3.13. The number of phenolic OH excluding ortho intramolecular Hbond substituents is 1. The first-order valence-electron chi connectivity index (χ1n) is 20.0. The number of carbonyl (C=O) groups is 1. The smallest absolute Gasteiger partial charge is 0.302 e. The van der Waals surface area contributed by atoms with Crippen molar-refractivity contribution >= 4 is 11.9 Å². The van der Waals surface area contributed by atoms with Crippen molar-refractivity contribution in [1.29, 1.82) is 0 Å². The summed E-state index contributed by atoms with van der Waals surface area (Å²) in [6.45, 7) is 6.96. The molecule has 8 rings (SSSR count). The zero-order chi connectivity index (χ0) is 37.1. The van der Waals surface area contributed by atoms with Crippen LogP contribution in [-0.2, 0) is 22.6 Å². The molecule has 0 saturated carbocycles. The highest BCUT2D eigenvalue weighted by Gasteiger charge is 2.43. The number of nitrogens with one attached hydrogen (secondary N) is 2. The van der Waals surface area contributed by atoms with Crippen LogP contribution >= 0.6 is 0 Å². The predicted molar refractivity (Wildman–Crippen MR) is 200 cm³/mol. The van der Waals surface area contributed by atoms with Crippen LogP contribution < -0.4 is 21.1 Å². The maximum absolute atomic E-state index is 12.7. The fraction of sp³-hybridized carbons (Fsp3) is 0.750. The Morgan fingerprint density at radius 3 is 2.64 bits per heavy atom. The summed E-state index contributed by atoms with van der Waals surface area (Å²) in [7, 11) is 0. The summed E-state index contributed by atoms with van der Waals surface area (Å²) in [4.78, 5) is 22.1. The van der Waals surface area contributed by atoms with Crippen LogP contribution in [0.2, 0.25) is 0 Å². The van der Waals surface area contributed by atoms with Gasteiger partial charge in [-0.2, -0.15) is 0 Å². The largest absolute Gasteiger partial charge is 0.504 e. The number of guanidine groups is 1. The first-order chi connectivity index (χ1) is 25.6. The van der Waals surface area contributed by atoms with Gasteiger partial charge in [-0.1, -0.05) is 18.3 Å². The number of ether oxygens (including phenoxy) is 2. The maximum atomic E-state index is 12.7. The van der Waals surface area contributed by atoms with E-state index in [9.17, 15) is 25.2 Å². The third-order valence-corrected chi connectivity index (χ3v) is 12.8. The van der Waals surface area contributed by atoms with Crippen molar-refractivity contribution in [3.05, 3.63) is 23.3 Å². The molecule has 0 unspecified atom stereocenters. The molecule has 292 valence electrons. The maximum Gasteiger partial charge on any atom is 0.302 e. The molecule has 6 heterocycles. The fourth-order valence-electron chi connectivity index (χ4n) is 10.1. The highest BCUT2D eigenvalue weighted by molar-refractivity contribution is 5.77. The van der Waals surface area contributed by atoms with E-state index in [1.807, 2.05) is 6.07 Å². The number of aliphatic hydroxyl groups is 3. The zero-order valence-corrected chi connectivity index (χ0v) is 31.2. The van der Waals surface area contributed by atoms with E-state index in [0.717, 1.165) is 64.0 Å². The van der Waals surface area contributed by atoms with Gasteiger partial charge < -0.3 is 51.2 Å². The lowest BCUT2D eigenvalue weighted by Crippen LogP contribution is -2.56. The van der Waals surface area contributed by atoms with Crippen molar-refractivity contribution < 1.29 is 34.7 Å². The quantitative estimate of drug-likeness (QED) is 0.171. The van der Waals surface area contributed by atoms with Gasteiger partial charge in [-0.25, -0.2) is 4.99 Å². The molecule has 53 heavy (non-hydrogen) atoms. The number of piperidine rings is 3. The Kier molecular flexibility index (Phi) is 12.0. The number of rotatable bonds is 2. The first-order valence-corrected chi connectivity index (χ1v) is 20.0. The van der Waals surface area contributed by atoms with Gasteiger partial charge >= 0.3 is 5.97 Å². The van der Waals surface area contributed by atoms with Crippen molar-refractivity contribution in [1.82, 2.24) is 20.4 Å². The van der Waals surface area contributed by atoms with Crippen LogP contribution in [0.3, 0.4) is 0 Å². The topological polar surface area (TPSA) is 185 Å². The minimum absolute atomic E-state index is 0.0177. The van der Waals surface area contributed by atoms with E-state index in [-0.39, 0.29) is 49.3 Å². The number of carbonyl (C=O) groups excluding carboxylic acids is 1. The molecule has 8 N–H and O–H groups in total. The minimum atomic E-state index is -0.945. The summed E-state index contributed by atoms with van der Waals surface area (Å²) >= 11 is 0. The van der Waals surface area contributed by atoms with Gasteiger partial charge in [0.05, 0.1) is 30.9 Å². The molecule has 10 atom stereocenters. The van der Waals surface area contributed by atoms with E-state index >= 15 is 0 Å². The molecule has 0 aromatic heterocycles. The van der Waals surface area contributed by atoms with Gasteiger partial charge in [0.1, 0.15) is 12.2 Å². The molecule has 3 saturated heterocycles. The summed E-state index contributed by atoms with van der Waals surface area (Å²) in [5.41, 5.74) is 6.86. The van der Waals surface area contributed by atoms with Gasteiger partial charge in [0.2, 0.25) is 0 Å². The van der Waals surface area contributed by atoms with Gasteiger partial charge in [0.15, 0.2) is 17.5 Å². The predicted octanol–water partition coefficient (Wildman–Crippen LogP) is 1.30. The van der Waals surface area contributed by atoms with Gasteiger partial charge in [0, 0.05) is 70.5 Å². The Morgan fingerprint density at radius 1 is 1.08 bits per heavy atom. The number of aliphatic imine (C=N–C) groups is 1. The monoisotopic (exact) mass is 736 g/mol. The molecule has 1 spiro atoms. The summed E-state index contributed by atoms with van der Waals surface area (Å²) in [6, 6.07) is 3.62. The van der Waals surface area contributed by atoms with Crippen LogP contribution in [0.25, 0.3) is 0 Å². The van der Waals surface area contributed by atoms with Crippen molar-refractivity contribution in [2.24, 2.45) is 39.8 Å². The molecule has 13 nitrogen and oxygen atoms in total. The van der Waals surface area contributed by atoms with E-state index in [4.69, 9.17) is 20.2 Å². The van der Waals surface area contributed by atoms with E-state index < -0.39 is 29.7 Å². The molecule has 13 heteroatoms. The molecule has 1 aromatic carbocycles. The van der Waals surface area contributed by atoms with Crippen molar-refractivity contribution in [2.75, 3.05) is 52.5 Å². The number of esters is 1. The number of hydrogen-bond acceptors (Lipinski definition) is 13. The van der Waals surface area contributed by atoms with E-state index in [1.54, 1.807) is 6.07 Å². The normalized spacial score (nSPS) is 39.2. The minimum Gasteiger partial charge on any atom is -0.504 e. The molecule has 8 bridgehead atoms. The first kappa shape index (κ1) is 38.2. The summed E-state index contributed by atoms with van der Waals surface area (Å²) in [6.07, 6.45) is 4.25. The van der Waals surface area contributed by atoms with Gasteiger partial charge in [-0.3, -0.25) is 9.69 Å². The SMILES string of the molecule is CC(=O)O[C@@H]1C[C@@H](O)CC[C@@]2(C#C[C@@H]3CCC[C@@H]4C[C@@H](CCN4)Oc4cc(c(CO)cc4O)C[C@@H]31)CNC(N)=NCN1C[C@H]3C[C@H](C1)CN(C3)C[C@H]2O. The molecule has 0 amide bonds. The summed E-state index contributed by atoms with van der Waals surface area (Å²) in [5.74, 6) is 7.97. The number of nitrogens with two attached hydrogens (primary N) is 1. The number of fused-ring (bicyclic) bond motifs is 9. The number of phenols is 1. The summed E-state index contributed by atoms with van der Waals surface area (Å²) in [5, 5.41) is 52.5. The molecular formula is C40H60N6O7. The van der Waals surface area contributed by atoms with Crippen molar-refractivity contribution in [3.63, 3.8) is 0 Å². The highest BCUT2D eigenvalue weighted by atomic mass is 16.5. The highest BCUT2D eigenvalue weighted by Crippen LogP contribution is 2.40.